The third-order valence-corrected chi connectivity index (χ3v) is 5.17. The fraction of sp³-hybridized carbons (Fsp3) is 0.0556. The second-order valence-electron chi connectivity index (χ2n) is 5.46. The van der Waals surface area contributed by atoms with Gasteiger partial charge in [0.1, 0.15) is 16.5 Å². The van der Waals surface area contributed by atoms with Crippen LogP contribution in [0.25, 0.3) is 27.6 Å². The average molecular weight is 415 g/mol. The number of aromatic nitrogens is 4. The Morgan fingerprint density at radius 2 is 1.92 bits per heavy atom. The molecule has 0 bridgehead atoms. The van der Waals surface area contributed by atoms with Gasteiger partial charge in [0.25, 0.3) is 0 Å². The standard InChI is InChI=1S/C18H12BrFN4S/c1-11-17(22-23-24(11)15-4-2-3-14(20)9-15)18-21-16(10-25-18)12-5-7-13(19)8-6-12/h2-10H,1H3. The van der Waals surface area contributed by atoms with Gasteiger partial charge in [0.05, 0.1) is 17.1 Å². The summed E-state index contributed by atoms with van der Waals surface area (Å²) in [6, 6.07) is 14.3. The minimum absolute atomic E-state index is 0.305. The third kappa shape index (κ3) is 3.12. The topological polar surface area (TPSA) is 43.6 Å². The molecule has 0 radical (unpaired) electrons. The van der Waals surface area contributed by atoms with Crippen molar-refractivity contribution in [1.29, 1.82) is 0 Å². The van der Waals surface area contributed by atoms with Gasteiger partial charge in [-0.15, -0.1) is 16.4 Å². The van der Waals surface area contributed by atoms with Gasteiger partial charge in [0.2, 0.25) is 0 Å². The molecular weight excluding hydrogens is 403 g/mol. The minimum Gasteiger partial charge on any atom is -0.234 e. The lowest BCUT2D eigenvalue weighted by Gasteiger charge is -2.02. The van der Waals surface area contributed by atoms with E-state index in [2.05, 4.69) is 31.2 Å². The summed E-state index contributed by atoms with van der Waals surface area (Å²) >= 11 is 4.95. The lowest BCUT2D eigenvalue weighted by molar-refractivity contribution is 0.624. The molecular formula is C18H12BrFN4S. The summed E-state index contributed by atoms with van der Waals surface area (Å²) in [6.45, 7) is 1.90. The van der Waals surface area contributed by atoms with Crippen LogP contribution in [0.5, 0.6) is 0 Å². The van der Waals surface area contributed by atoms with Crippen LogP contribution in [0.1, 0.15) is 5.69 Å². The van der Waals surface area contributed by atoms with E-state index in [0.717, 1.165) is 26.4 Å². The smallest absolute Gasteiger partial charge is 0.146 e. The largest absolute Gasteiger partial charge is 0.234 e. The molecule has 0 amide bonds. The first kappa shape index (κ1) is 16.1. The van der Waals surface area contributed by atoms with Crippen molar-refractivity contribution in [1.82, 2.24) is 20.0 Å². The molecule has 7 heteroatoms. The number of rotatable bonds is 3. The highest BCUT2D eigenvalue weighted by molar-refractivity contribution is 9.10. The molecule has 0 fully saturated rings. The normalized spacial score (nSPS) is 11.0. The number of hydrogen-bond acceptors (Lipinski definition) is 4. The molecule has 4 aromatic rings. The van der Waals surface area contributed by atoms with Crippen LogP contribution in [0.2, 0.25) is 0 Å². The Kier molecular flexibility index (Phi) is 4.19. The Hall–Kier alpha value is -2.38. The van der Waals surface area contributed by atoms with E-state index in [-0.39, 0.29) is 5.82 Å². The fourth-order valence-electron chi connectivity index (χ4n) is 2.52. The van der Waals surface area contributed by atoms with Crippen molar-refractivity contribution in [3.63, 3.8) is 0 Å². The number of thiazole rings is 1. The summed E-state index contributed by atoms with van der Waals surface area (Å²) in [5.74, 6) is -0.305. The van der Waals surface area contributed by atoms with Crippen molar-refractivity contribution in [3.05, 3.63) is 69.9 Å². The van der Waals surface area contributed by atoms with E-state index in [1.165, 1.54) is 23.5 Å². The van der Waals surface area contributed by atoms with Gasteiger partial charge >= 0.3 is 0 Å². The predicted octanol–water partition coefficient (Wildman–Crippen LogP) is 5.27. The molecule has 124 valence electrons. The summed E-state index contributed by atoms with van der Waals surface area (Å²) in [5, 5.41) is 11.2. The van der Waals surface area contributed by atoms with Gasteiger partial charge in [0.15, 0.2) is 0 Å². The lowest BCUT2D eigenvalue weighted by atomic mass is 10.2. The van der Waals surface area contributed by atoms with Crippen molar-refractivity contribution in [2.24, 2.45) is 0 Å². The third-order valence-electron chi connectivity index (χ3n) is 3.79. The molecule has 4 rings (SSSR count). The second-order valence-corrected chi connectivity index (χ2v) is 7.23. The van der Waals surface area contributed by atoms with Crippen LogP contribution in [-0.2, 0) is 0 Å². The van der Waals surface area contributed by atoms with Crippen molar-refractivity contribution >= 4 is 27.3 Å². The number of benzene rings is 2. The molecule has 0 spiro atoms. The molecule has 0 atom stereocenters. The SMILES string of the molecule is Cc1c(-c2nc(-c3ccc(Br)cc3)cs2)nnn1-c1cccc(F)c1. The number of nitrogens with zero attached hydrogens (tertiary/aromatic N) is 4. The molecule has 2 aromatic heterocycles. The summed E-state index contributed by atoms with van der Waals surface area (Å²) in [4.78, 5) is 4.68. The van der Waals surface area contributed by atoms with E-state index < -0.39 is 0 Å². The maximum absolute atomic E-state index is 13.5. The quantitative estimate of drug-likeness (QED) is 0.458. The first-order chi connectivity index (χ1) is 12.1. The van der Waals surface area contributed by atoms with E-state index >= 15 is 0 Å². The van der Waals surface area contributed by atoms with Crippen LogP contribution in [-0.4, -0.2) is 20.0 Å². The van der Waals surface area contributed by atoms with Gasteiger partial charge in [-0.25, -0.2) is 14.1 Å². The van der Waals surface area contributed by atoms with Crippen molar-refractivity contribution in [2.75, 3.05) is 0 Å². The Morgan fingerprint density at radius 3 is 2.68 bits per heavy atom. The molecule has 0 N–H and O–H groups in total. The highest BCUT2D eigenvalue weighted by atomic mass is 79.9. The lowest BCUT2D eigenvalue weighted by Crippen LogP contribution is -1.99. The zero-order valence-corrected chi connectivity index (χ0v) is 15.6. The van der Waals surface area contributed by atoms with Crippen LogP contribution < -0.4 is 0 Å². The van der Waals surface area contributed by atoms with Crippen molar-refractivity contribution in [2.45, 2.75) is 6.92 Å². The Labute approximate surface area is 156 Å². The Bertz CT molecular complexity index is 1040. The molecule has 25 heavy (non-hydrogen) atoms. The highest BCUT2D eigenvalue weighted by Gasteiger charge is 2.16. The monoisotopic (exact) mass is 414 g/mol. The zero-order chi connectivity index (χ0) is 17.4. The highest BCUT2D eigenvalue weighted by Crippen LogP contribution is 2.30. The van der Waals surface area contributed by atoms with E-state index in [0.29, 0.717) is 11.4 Å². The molecule has 0 aliphatic rings. The van der Waals surface area contributed by atoms with Gasteiger partial charge in [0, 0.05) is 15.4 Å². The molecule has 0 aliphatic heterocycles. The maximum Gasteiger partial charge on any atom is 0.146 e. The summed E-state index contributed by atoms with van der Waals surface area (Å²) < 4.78 is 16.1. The maximum atomic E-state index is 13.5. The van der Waals surface area contributed by atoms with E-state index in [1.807, 2.05) is 36.6 Å². The first-order valence-electron chi connectivity index (χ1n) is 7.52. The molecule has 0 saturated heterocycles. The Morgan fingerprint density at radius 1 is 1.12 bits per heavy atom. The van der Waals surface area contributed by atoms with E-state index in [4.69, 9.17) is 0 Å². The average Bonchev–Trinajstić information content (AvgIpc) is 3.22. The Balaban J connectivity index is 1.71. The van der Waals surface area contributed by atoms with Crippen LogP contribution in [0.15, 0.2) is 58.4 Å². The number of halogens is 2. The van der Waals surface area contributed by atoms with Crippen molar-refractivity contribution in [3.8, 4) is 27.6 Å². The van der Waals surface area contributed by atoms with Crippen LogP contribution in [0.4, 0.5) is 4.39 Å². The summed E-state index contributed by atoms with van der Waals surface area (Å²) in [7, 11) is 0. The number of hydrogen-bond donors (Lipinski definition) is 0. The van der Waals surface area contributed by atoms with Gasteiger partial charge in [-0.2, -0.15) is 0 Å². The van der Waals surface area contributed by atoms with Crippen LogP contribution in [0, 0.1) is 12.7 Å². The predicted molar refractivity (Wildman–Crippen MR) is 100 cm³/mol. The zero-order valence-electron chi connectivity index (χ0n) is 13.1. The van der Waals surface area contributed by atoms with Gasteiger partial charge in [-0.3, -0.25) is 0 Å². The van der Waals surface area contributed by atoms with E-state index in [1.54, 1.807) is 16.8 Å². The molecule has 0 saturated carbocycles. The fourth-order valence-corrected chi connectivity index (χ4v) is 3.64. The first-order valence-corrected chi connectivity index (χ1v) is 9.19. The van der Waals surface area contributed by atoms with Crippen molar-refractivity contribution < 1.29 is 4.39 Å². The van der Waals surface area contributed by atoms with Crippen LogP contribution in [0.3, 0.4) is 0 Å². The summed E-state index contributed by atoms with van der Waals surface area (Å²) in [5.41, 5.74) is 4.11. The van der Waals surface area contributed by atoms with Crippen LogP contribution >= 0.6 is 27.3 Å². The van der Waals surface area contributed by atoms with Gasteiger partial charge < -0.3 is 0 Å². The molecule has 0 unspecified atom stereocenters. The summed E-state index contributed by atoms with van der Waals surface area (Å²) in [6.07, 6.45) is 0. The minimum atomic E-state index is -0.305. The van der Waals surface area contributed by atoms with E-state index in [9.17, 15) is 4.39 Å². The van der Waals surface area contributed by atoms with Gasteiger partial charge in [-0.1, -0.05) is 39.3 Å². The second kappa shape index (κ2) is 6.50. The van der Waals surface area contributed by atoms with Gasteiger partial charge in [-0.05, 0) is 37.3 Å². The molecule has 2 aromatic carbocycles. The molecule has 2 heterocycles. The molecule has 0 aliphatic carbocycles. The molecule has 4 nitrogen and oxygen atoms in total.